The Morgan fingerprint density at radius 2 is 1.93 bits per heavy atom. The van der Waals surface area contributed by atoms with E-state index in [4.69, 9.17) is 4.42 Å². The van der Waals surface area contributed by atoms with Gasteiger partial charge in [-0.1, -0.05) is 12.1 Å². The third kappa shape index (κ3) is 4.73. The van der Waals surface area contributed by atoms with Crippen molar-refractivity contribution >= 4 is 28.2 Å². The maximum Gasteiger partial charge on any atom is 0.416 e. The molecular weight excluding hydrogens is 417 g/mol. The van der Waals surface area contributed by atoms with Gasteiger partial charge < -0.3 is 14.6 Å². The van der Waals surface area contributed by atoms with E-state index < -0.39 is 23.7 Å². The highest BCUT2D eigenvalue weighted by Crippen LogP contribution is 2.33. The van der Waals surface area contributed by atoms with E-state index >= 15 is 0 Å². The van der Waals surface area contributed by atoms with Gasteiger partial charge in [-0.25, -0.2) is 0 Å². The first kappa shape index (κ1) is 21.6. The highest BCUT2D eigenvalue weighted by molar-refractivity contribution is 7.18. The third-order valence-corrected chi connectivity index (χ3v) is 5.55. The zero-order chi connectivity index (χ0) is 21.9. The topological polar surface area (TPSA) is 62.6 Å². The summed E-state index contributed by atoms with van der Waals surface area (Å²) in [6.45, 7) is 3.75. The van der Waals surface area contributed by atoms with Crippen LogP contribution in [0.4, 0.5) is 18.2 Å². The Bertz CT molecular complexity index is 1030. The van der Waals surface area contributed by atoms with Crippen LogP contribution in [0.1, 0.15) is 51.2 Å². The van der Waals surface area contributed by atoms with Crippen LogP contribution in [0.3, 0.4) is 0 Å². The molecule has 1 aromatic carbocycles. The molecule has 158 valence electrons. The third-order valence-electron chi connectivity index (χ3n) is 4.56. The number of hydrogen-bond donors (Lipinski definition) is 1. The van der Waals surface area contributed by atoms with Crippen molar-refractivity contribution in [1.29, 1.82) is 0 Å². The monoisotopic (exact) mass is 436 g/mol. The highest BCUT2D eigenvalue weighted by Gasteiger charge is 2.31. The Morgan fingerprint density at radius 3 is 2.57 bits per heavy atom. The van der Waals surface area contributed by atoms with Crippen LogP contribution in [0.15, 0.2) is 59.2 Å². The number of benzene rings is 1. The van der Waals surface area contributed by atoms with Gasteiger partial charge in [-0.3, -0.25) is 9.59 Å². The van der Waals surface area contributed by atoms with E-state index in [1.807, 2.05) is 0 Å². The molecule has 1 atom stereocenters. The second-order valence-corrected chi connectivity index (χ2v) is 7.57. The molecule has 0 radical (unpaired) electrons. The first-order valence-electron chi connectivity index (χ1n) is 9.13. The van der Waals surface area contributed by atoms with Gasteiger partial charge in [-0.15, -0.1) is 11.3 Å². The van der Waals surface area contributed by atoms with Crippen LogP contribution in [-0.2, 0) is 6.18 Å². The fraction of sp³-hybridized carbons (Fsp3) is 0.238. The smallest absolute Gasteiger partial charge is 0.416 e. The molecule has 0 saturated carbocycles. The Hall–Kier alpha value is -3.07. The van der Waals surface area contributed by atoms with Gasteiger partial charge in [0.05, 0.1) is 27.7 Å². The molecule has 0 spiro atoms. The fourth-order valence-electron chi connectivity index (χ4n) is 2.99. The Balaban J connectivity index is 1.76. The zero-order valence-electron chi connectivity index (χ0n) is 16.2. The van der Waals surface area contributed by atoms with Gasteiger partial charge in [0.15, 0.2) is 5.76 Å². The van der Waals surface area contributed by atoms with Crippen molar-refractivity contribution in [3.05, 3.63) is 76.6 Å². The van der Waals surface area contributed by atoms with Gasteiger partial charge in [-0.2, -0.15) is 13.2 Å². The van der Waals surface area contributed by atoms with Crippen molar-refractivity contribution in [1.82, 2.24) is 4.90 Å². The quantitative estimate of drug-likeness (QED) is 0.528. The number of alkyl halides is 3. The summed E-state index contributed by atoms with van der Waals surface area (Å²) in [7, 11) is 0. The second-order valence-electron chi connectivity index (χ2n) is 6.49. The molecule has 9 heteroatoms. The number of rotatable bonds is 6. The average Bonchev–Trinajstić information content (AvgIpc) is 3.40. The number of nitrogens with one attached hydrogen (secondary N) is 1. The number of carbonyl (C=O) groups is 2. The Kier molecular flexibility index (Phi) is 6.31. The summed E-state index contributed by atoms with van der Waals surface area (Å²) in [5.74, 6) is -0.624. The van der Waals surface area contributed by atoms with E-state index in [2.05, 4.69) is 5.32 Å². The largest absolute Gasteiger partial charge is 0.459 e. The molecule has 2 amide bonds. The molecule has 30 heavy (non-hydrogen) atoms. The van der Waals surface area contributed by atoms with Gasteiger partial charge in [0.1, 0.15) is 0 Å². The van der Waals surface area contributed by atoms with E-state index in [-0.39, 0.29) is 11.7 Å². The van der Waals surface area contributed by atoms with Crippen molar-refractivity contribution in [3.63, 3.8) is 0 Å². The van der Waals surface area contributed by atoms with E-state index in [0.29, 0.717) is 22.0 Å². The van der Waals surface area contributed by atoms with Crippen LogP contribution in [-0.4, -0.2) is 23.3 Å². The lowest BCUT2D eigenvalue weighted by Crippen LogP contribution is -2.33. The van der Waals surface area contributed by atoms with Gasteiger partial charge in [0.25, 0.3) is 11.8 Å². The van der Waals surface area contributed by atoms with Crippen LogP contribution in [0.5, 0.6) is 0 Å². The number of hydrogen-bond acceptors (Lipinski definition) is 4. The zero-order valence-corrected chi connectivity index (χ0v) is 17.0. The minimum atomic E-state index is -4.45. The van der Waals surface area contributed by atoms with Crippen molar-refractivity contribution in [2.45, 2.75) is 26.1 Å². The summed E-state index contributed by atoms with van der Waals surface area (Å²) in [6, 6.07) is 10.7. The van der Waals surface area contributed by atoms with E-state index in [1.165, 1.54) is 23.3 Å². The molecule has 3 rings (SSSR count). The molecule has 0 aliphatic carbocycles. The molecule has 3 aromatic rings. The summed E-state index contributed by atoms with van der Waals surface area (Å²) in [4.78, 5) is 26.9. The van der Waals surface area contributed by atoms with Gasteiger partial charge in [0, 0.05) is 6.54 Å². The molecule has 0 fully saturated rings. The van der Waals surface area contributed by atoms with Gasteiger partial charge in [-0.05, 0) is 55.8 Å². The maximum absolute atomic E-state index is 13.0. The van der Waals surface area contributed by atoms with Crippen LogP contribution >= 0.6 is 11.3 Å². The number of halogens is 3. The number of anilines is 1. The Morgan fingerprint density at radius 1 is 1.17 bits per heavy atom. The van der Waals surface area contributed by atoms with Crippen molar-refractivity contribution in [2.75, 3.05) is 11.9 Å². The summed E-state index contributed by atoms with van der Waals surface area (Å²) < 4.78 is 44.1. The first-order valence-corrected chi connectivity index (χ1v) is 9.95. The fourth-order valence-corrected chi connectivity index (χ4v) is 3.85. The van der Waals surface area contributed by atoms with Crippen molar-refractivity contribution in [3.8, 4) is 0 Å². The summed E-state index contributed by atoms with van der Waals surface area (Å²) in [6.07, 6.45) is -3.07. The van der Waals surface area contributed by atoms with E-state index in [0.717, 1.165) is 23.5 Å². The predicted octanol–water partition coefficient (Wildman–Crippen LogP) is 5.84. The molecule has 5 nitrogen and oxygen atoms in total. The maximum atomic E-state index is 13.0. The van der Waals surface area contributed by atoms with Crippen LogP contribution in [0.25, 0.3) is 0 Å². The van der Waals surface area contributed by atoms with Gasteiger partial charge in [0.2, 0.25) is 0 Å². The average molecular weight is 436 g/mol. The van der Waals surface area contributed by atoms with Crippen LogP contribution in [0, 0.1) is 0 Å². The first-order chi connectivity index (χ1) is 14.2. The lowest BCUT2D eigenvalue weighted by Gasteiger charge is -2.28. The predicted molar refractivity (Wildman–Crippen MR) is 108 cm³/mol. The standard InChI is InChI=1S/C21H19F3N2O3S/c1-3-26(13(2)14-6-4-7-15(12-14)21(22,23)24)20(28)17-9-10-18(30-17)25-19(27)16-8-5-11-29-16/h4-13H,3H2,1-2H3,(H,25,27). The number of furan rings is 1. The van der Waals surface area contributed by atoms with Crippen LogP contribution < -0.4 is 5.32 Å². The molecule has 1 unspecified atom stereocenters. The number of amides is 2. The van der Waals surface area contributed by atoms with E-state index in [9.17, 15) is 22.8 Å². The SMILES string of the molecule is CCN(C(=O)c1ccc(NC(=O)c2ccco2)s1)C(C)c1cccc(C(F)(F)F)c1. The van der Waals surface area contributed by atoms with E-state index in [1.54, 1.807) is 38.1 Å². The summed E-state index contributed by atoms with van der Waals surface area (Å²) in [5.41, 5.74) is -0.364. The van der Waals surface area contributed by atoms with Crippen molar-refractivity contribution < 1.29 is 27.2 Å². The summed E-state index contributed by atoms with van der Waals surface area (Å²) >= 11 is 1.09. The molecule has 0 aliphatic rings. The minimum Gasteiger partial charge on any atom is -0.459 e. The lowest BCUT2D eigenvalue weighted by atomic mass is 10.0. The minimum absolute atomic E-state index is 0.143. The molecule has 2 aromatic heterocycles. The number of thiophene rings is 1. The highest BCUT2D eigenvalue weighted by atomic mass is 32.1. The normalized spacial score (nSPS) is 12.4. The molecule has 0 bridgehead atoms. The van der Waals surface area contributed by atoms with Crippen LogP contribution in [0.2, 0.25) is 0 Å². The lowest BCUT2D eigenvalue weighted by molar-refractivity contribution is -0.137. The molecule has 0 aliphatic heterocycles. The Labute approximate surface area is 175 Å². The molecule has 2 heterocycles. The molecule has 0 saturated heterocycles. The number of carbonyl (C=O) groups excluding carboxylic acids is 2. The summed E-state index contributed by atoms with van der Waals surface area (Å²) in [5, 5.41) is 3.11. The van der Waals surface area contributed by atoms with Crippen molar-refractivity contribution in [2.24, 2.45) is 0 Å². The van der Waals surface area contributed by atoms with Gasteiger partial charge >= 0.3 is 6.18 Å². The second kappa shape index (κ2) is 8.74. The molecular formula is C21H19F3N2O3S. The molecule has 1 N–H and O–H groups in total. The number of nitrogens with zero attached hydrogens (tertiary/aromatic N) is 1.